The van der Waals surface area contributed by atoms with E-state index in [-0.39, 0.29) is 12.5 Å². The van der Waals surface area contributed by atoms with E-state index in [1.54, 1.807) is 6.92 Å². The Morgan fingerprint density at radius 3 is 2.59 bits per heavy atom. The first-order chi connectivity index (χ1) is 12.9. The predicted molar refractivity (Wildman–Crippen MR) is 101 cm³/mol. The number of amides is 4. The number of quaternary nitrogens is 1. The van der Waals surface area contributed by atoms with Crippen molar-refractivity contribution in [1.29, 1.82) is 0 Å². The first-order valence-corrected chi connectivity index (χ1v) is 9.71. The van der Waals surface area contributed by atoms with Gasteiger partial charge in [0.25, 0.3) is 11.8 Å². The van der Waals surface area contributed by atoms with Crippen LogP contribution < -0.4 is 15.6 Å². The molecule has 0 aromatic heterocycles. The zero-order valence-corrected chi connectivity index (χ0v) is 16.1. The van der Waals surface area contributed by atoms with E-state index in [9.17, 15) is 14.4 Å². The molecule has 2 aliphatic heterocycles. The van der Waals surface area contributed by atoms with Crippen molar-refractivity contribution in [2.45, 2.75) is 45.1 Å². The minimum atomic E-state index is -1.01. The Labute approximate surface area is 160 Å². The fourth-order valence-corrected chi connectivity index (χ4v) is 3.73. The number of benzene rings is 1. The Morgan fingerprint density at radius 1 is 1.26 bits per heavy atom. The third kappa shape index (κ3) is 4.66. The Kier molecular flexibility index (Phi) is 5.79. The van der Waals surface area contributed by atoms with Crippen LogP contribution in [-0.4, -0.2) is 48.0 Å². The molecule has 1 atom stereocenters. The number of aryl methyl sites for hydroxylation is 1. The summed E-state index contributed by atoms with van der Waals surface area (Å²) in [5.74, 6) is 0.00230. The van der Waals surface area contributed by atoms with Gasteiger partial charge in [-0.2, -0.15) is 5.01 Å². The molecular weight excluding hydrogens is 344 g/mol. The standard InChI is InChI=1S/C20H28N4O3/c1-15-9-12-23(13-10-15)14-17(25)22-24-18(26)20(2,21-19(24)27)11-8-16-6-4-3-5-7-16/h3-7,15H,8-14H2,1-2H3,(H,21,27)(H,22,25)/p+1/t20-/m1/s1. The molecule has 1 aromatic rings. The van der Waals surface area contributed by atoms with Crippen molar-refractivity contribution < 1.29 is 19.3 Å². The molecule has 0 unspecified atom stereocenters. The number of hydrazine groups is 1. The number of carbonyl (C=O) groups is 3. The number of hydrogen-bond acceptors (Lipinski definition) is 3. The summed E-state index contributed by atoms with van der Waals surface area (Å²) >= 11 is 0. The van der Waals surface area contributed by atoms with E-state index in [0.29, 0.717) is 18.8 Å². The molecule has 1 aromatic carbocycles. The highest BCUT2D eigenvalue weighted by Gasteiger charge is 2.48. The fourth-order valence-electron chi connectivity index (χ4n) is 3.73. The Bertz CT molecular complexity index is 700. The normalized spacial score (nSPS) is 28.1. The lowest BCUT2D eigenvalue weighted by Gasteiger charge is -2.27. The van der Waals surface area contributed by atoms with E-state index in [1.807, 2.05) is 30.3 Å². The number of urea groups is 1. The average molecular weight is 373 g/mol. The molecule has 0 bridgehead atoms. The second-order valence-corrected chi connectivity index (χ2v) is 8.03. The van der Waals surface area contributed by atoms with Crippen molar-refractivity contribution in [3.8, 4) is 0 Å². The fraction of sp³-hybridized carbons (Fsp3) is 0.550. The van der Waals surface area contributed by atoms with Crippen LogP contribution in [0.1, 0.15) is 38.7 Å². The van der Waals surface area contributed by atoms with Crippen LogP contribution in [-0.2, 0) is 16.0 Å². The molecule has 2 aliphatic rings. The Morgan fingerprint density at radius 2 is 1.93 bits per heavy atom. The average Bonchev–Trinajstić information content (AvgIpc) is 2.86. The molecule has 27 heavy (non-hydrogen) atoms. The van der Waals surface area contributed by atoms with Gasteiger partial charge in [-0.15, -0.1) is 0 Å². The summed E-state index contributed by atoms with van der Waals surface area (Å²) in [7, 11) is 0. The monoisotopic (exact) mass is 373 g/mol. The maximum Gasteiger partial charge on any atom is 0.344 e. The molecule has 3 rings (SSSR count). The second kappa shape index (κ2) is 8.08. The number of piperidine rings is 1. The highest BCUT2D eigenvalue weighted by atomic mass is 16.2. The summed E-state index contributed by atoms with van der Waals surface area (Å²) in [5.41, 5.74) is 2.60. The first-order valence-electron chi connectivity index (χ1n) is 9.71. The number of hydrogen-bond donors (Lipinski definition) is 3. The van der Waals surface area contributed by atoms with E-state index in [0.717, 1.165) is 36.5 Å². The molecule has 7 heteroatoms. The Hall–Kier alpha value is -2.41. The molecule has 0 aliphatic carbocycles. The molecule has 146 valence electrons. The topological polar surface area (TPSA) is 82.9 Å². The summed E-state index contributed by atoms with van der Waals surface area (Å²) in [6, 6.07) is 9.26. The van der Waals surface area contributed by atoms with Gasteiger partial charge in [-0.1, -0.05) is 37.3 Å². The van der Waals surface area contributed by atoms with Crippen LogP contribution in [0.3, 0.4) is 0 Å². The zero-order valence-electron chi connectivity index (χ0n) is 16.1. The molecule has 0 radical (unpaired) electrons. The van der Waals surface area contributed by atoms with Crippen molar-refractivity contribution in [3.05, 3.63) is 35.9 Å². The van der Waals surface area contributed by atoms with Crippen molar-refractivity contribution >= 4 is 17.8 Å². The predicted octanol–water partition coefficient (Wildman–Crippen LogP) is 0.276. The third-order valence-electron chi connectivity index (χ3n) is 5.65. The molecule has 0 spiro atoms. The van der Waals surface area contributed by atoms with Crippen molar-refractivity contribution in [1.82, 2.24) is 15.8 Å². The lowest BCUT2D eigenvalue weighted by Crippen LogP contribution is -3.14. The van der Waals surface area contributed by atoms with Gasteiger partial charge in [-0.3, -0.25) is 15.0 Å². The van der Waals surface area contributed by atoms with Crippen molar-refractivity contribution in [2.24, 2.45) is 5.92 Å². The van der Waals surface area contributed by atoms with Gasteiger partial charge in [0, 0.05) is 0 Å². The van der Waals surface area contributed by atoms with E-state index in [1.165, 1.54) is 4.90 Å². The number of carbonyl (C=O) groups excluding carboxylic acids is 3. The molecule has 2 fully saturated rings. The van der Waals surface area contributed by atoms with Crippen molar-refractivity contribution in [2.75, 3.05) is 19.6 Å². The Balaban J connectivity index is 1.54. The van der Waals surface area contributed by atoms with Crippen LogP contribution in [0.4, 0.5) is 4.79 Å². The van der Waals surface area contributed by atoms with Gasteiger partial charge in [0.2, 0.25) is 0 Å². The van der Waals surface area contributed by atoms with Crippen LogP contribution in [0.25, 0.3) is 0 Å². The summed E-state index contributed by atoms with van der Waals surface area (Å²) in [5, 5.41) is 3.58. The van der Waals surface area contributed by atoms with Crippen LogP contribution in [0.5, 0.6) is 0 Å². The number of rotatable bonds is 6. The highest BCUT2D eigenvalue weighted by Crippen LogP contribution is 2.22. The van der Waals surface area contributed by atoms with Gasteiger partial charge in [0.05, 0.1) is 13.1 Å². The summed E-state index contributed by atoms with van der Waals surface area (Å²) in [6.45, 7) is 6.11. The molecule has 2 heterocycles. The van der Waals surface area contributed by atoms with E-state index in [2.05, 4.69) is 17.7 Å². The number of nitrogens with one attached hydrogen (secondary N) is 3. The third-order valence-corrected chi connectivity index (χ3v) is 5.65. The van der Waals surface area contributed by atoms with E-state index < -0.39 is 17.5 Å². The molecule has 7 nitrogen and oxygen atoms in total. The number of likely N-dealkylation sites (tertiary alicyclic amines) is 1. The molecule has 3 N–H and O–H groups in total. The summed E-state index contributed by atoms with van der Waals surface area (Å²) < 4.78 is 0. The van der Waals surface area contributed by atoms with Crippen LogP contribution in [0, 0.1) is 5.92 Å². The molecule has 4 amide bonds. The van der Waals surface area contributed by atoms with Gasteiger partial charge < -0.3 is 10.2 Å². The smallest absolute Gasteiger partial charge is 0.327 e. The van der Waals surface area contributed by atoms with Crippen molar-refractivity contribution in [3.63, 3.8) is 0 Å². The molecule has 2 saturated heterocycles. The SMILES string of the molecule is CC1CC[NH+](CC(=O)NN2C(=O)N[C@](C)(CCc3ccccc3)C2=O)CC1. The second-order valence-electron chi connectivity index (χ2n) is 8.03. The van der Waals surface area contributed by atoms with Gasteiger partial charge in [-0.25, -0.2) is 4.79 Å². The molecule has 0 saturated carbocycles. The maximum absolute atomic E-state index is 12.8. The van der Waals surface area contributed by atoms with Gasteiger partial charge >= 0.3 is 6.03 Å². The summed E-state index contributed by atoms with van der Waals surface area (Å²) in [4.78, 5) is 38.5. The van der Waals surface area contributed by atoms with Gasteiger partial charge in [0.1, 0.15) is 5.54 Å². The quantitative estimate of drug-likeness (QED) is 0.626. The van der Waals surface area contributed by atoms with E-state index >= 15 is 0 Å². The minimum Gasteiger partial charge on any atom is -0.327 e. The summed E-state index contributed by atoms with van der Waals surface area (Å²) in [6.07, 6.45) is 3.34. The van der Waals surface area contributed by atoms with Crippen LogP contribution in [0.2, 0.25) is 0 Å². The number of nitrogens with zero attached hydrogens (tertiary/aromatic N) is 1. The van der Waals surface area contributed by atoms with Crippen LogP contribution in [0.15, 0.2) is 30.3 Å². The lowest BCUT2D eigenvalue weighted by atomic mass is 9.93. The number of imide groups is 1. The molecular formula is C20H29N4O3+. The zero-order chi connectivity index (χ0) is 19.4. The highest BCUT2D eigenvalue weighted by molar-refractivity contribution is 6.07. The van der Waals surface area contributed by atoms with Gasteiger partial charge in [0.15, 0.2) is 6.54 Å². The largest absolute Gasteiger partial charge is 0.344 e. The van der Waals surface area contributed by atoms with E-state index in [4.69, 9.17) is 0 Å². The first kappa shape index (κ1) is 19.4. The maximum atomic E-state index is 12.8. The minimum absolute atomic E-state index is 0.282. The van der Waals surface area contributed by atoms with Gasteiger partial charge in [-0.05, 0) is 44.1 Å². The lowest BCUT2D eigenvalue weighted by molar-refractivity contribution is -0.898. The van der Waals surface area contributed by atoms with Crippen LogP contribution >= 0.6 is 0 Å².